The Kier molecular flexibility index (Phi) is 5.58. The molecule has 138 valence electrons. The summed E-state index contributed by atoms with van der Waals surface area (Å²) >= 11 is 2.95. The molecule has 0 spiro atoms. The van der Waals surface area contributed by atoms with Crippen molar-refractivity contribution in [1.82, 2.24) is 4.98 Å². The van der Waals surface area contributed by atoms with Crippen LogP contribution in [0.5, 0.6) is 5.75 Å². The van der Waals surface area contributed by atoms with Gasteiger partial charge in [-0.25, -0.2) is 0 Å². The molecule has 0 amide bonds. The summed E-state index contributed by atoms with van der Waals surface area (Å²) in [6.45, 7) is 0. The molecular weight excluding hydrogens is 440 g/mol. The quantitative estimate of drug-likeness (QED) is 0.561. The molecule has 4 nitrogen and oxygen atoms in total. The van der Waals surface area contributed by atoms with E-state index in [0.717, 1.165) is 17.4 Å². The third kappa shape index (κ3) is 4.34. The van der Waals surface area contributed by atoms with E-state index in [9.17, 15) is 18.0 Å². The van der Waals surface area contributed by atoms with Crippen LogP contribution in [0.25, 0.3) is 10.6 Å². The maximum atomic E-state index is 13.2. The van der Waals surface area contributed by atoms with Crippen LogP contribution in [0, 0.1) is 0 Å². The van der Waals surface area contributed by atoms with Gasteiger partial charge >= 0.3 is 166 Å². The second kappa shape index (κ2) is 7.74. The second-order valence-electron chi connectivity index (χ2n) is 5.40. The number of anilines is 2. The molecule has 2 radical (unpaired) electrons. The van der Waals surface area contributed by atoms with Crippen LogP contribution in [0.3, 0.4) is 0 Å². The monoisotopic (exact) mass is 452 g/mol. The number of thiazole rings is 1. The molecule has 1 heterocycles. The fourth-order valence-electron chi connectivity index (χ4n) is 2.40. The van der Waals surface area contributed by atoms with Crippen LogP contribution in [-0.2, 0) is 6.18 Å². The third-order valence-electron chi connectivity index (χ3n) is 3.62. The number of nitrogens with one attached hydrogen (secondary N) is 1. The average Bonchev–Trinajstić information content (AvgIpc) is 3.05. The van der Waals surface area contributed by atoms with E-state index in [1.165, 1.54) is 25.3 Å². The summed E-state index contributed by atoms with van der Waals surface area (Å²) in [6.07, 6.45) is -4.53. The minimum atomic E-state index is -4.53. The molecule has 0 aliphatic rings. The number of ether oxygens (including phenoxy) is 1. The van der Waals surface area contributed by atoms with E-state index in [-0.39, 0.29) is 21.0 Å². The molecular formula is C18H12AsF3N2O2S. The number of halogens is 3. The van der Waals surface area contributed by atoms with E-state index >= 15 is 0 Å². The number of alkyl halides is 3. The standard InChI is InChI=1S/C18H12AsF3N2O2S/c1-26-11-6-4-5-10(9-11)17-24-16(14(27-17)15(19)25)23-13-8-3-2-7-12(13)18(20,21)22/h2-9,23H,1H3. The number of methoxy groups -OCH3 is 1. The molecule has 0 aliphatic carbocycles. The number of carbonyl (C=O) groups excluding carboxylic acids is 1. The second-order valence-corrected chi connectivity index (χ2v) is 7.25. The van der Waals surface area contributed by atoms with Crippen LogP contribution < -0.4 is 10.1 Å². The Balaban J connectivity index is 2.04. The van der Waals surface area contributed by atoms with Crippen molar-refractivity contribution in [2.24, 2.45) is 0 Å². The summed E-state index contributed by atoms with van der Waals surface area (Å²) in [5.41, 5.74) is -0.293. The fourth-order valence-corrected chi connectivity index (χ4v) is 3.76. The number of carbonyl (C=O) groups is 1. The third-order valence-corrected chi connectivity index (χ3v) is 5.53. The van der Waals surface area contributed by atoms with Crippen molar-refractivity contribution in [2.75, 3.05) is 12.4 Å². The molecule has 0 unspecified atom stereocenters. The first-order valence-electron chi connectivity index (χ1n) is 7.61. The average molecular weight is 452 g/mol. The SMILES string of the molecule is COc1cccc(-c2nc(Nc3ccccc3C(F)(F)F)c(C(=O)[As])s2)c1. The molecule has 9 heteroatoms. The summed E-state index contributed by atoms with van der Waals surface area (Å²) in [7, 11) is 1.53. The number of hydrogen-bond acceptors (Lipinski definition) is 5. The first-order chi connectivity index (χ1) is 12.8. The molecule has 0 atom stereocenters. The van der Waals surface area contributed by atoms with Crippen molar-refractivity contribution in [3.63, 3.8) is 0 Å². The van der Waals surface area contributed by atoms with E-state index < -0.39 is 11.7 Å². The topological polar surface area (TPSA) is 51.2 Å². The number of nitrogens with zero attached hydrogens (tertiary/aromatic N) is 1. The Morgan fingerprint density at radius 3 is 2.59 bits per heavy atom. The van der Waals surface area contributed by atoms with Gasteiger partial charge in [-0.05, 0) is 0 Å². The Hall–Kier alpha value is -2.31. The van der Waals surface area contributed by atoms with Gasteiger partial charge in [-0.2, -0.15) is 0 Å². The van der Waals surface area contributed by atoms with Gasteiger partial charge in [-0.3, -0.25) is 0 Å². The van der Waals surface area contributed by atoms with Gasteiger partial charge in [0, 0.05) is 0 Å². The molecule has 27 heavy (non-hydrogen) atoms. The van der Waals surface area contributed by atoms with E-state index in [4.69, 9.17) is 4.74 Å². The van der Waals surface area contributed by atoms with Crippen LogP contribution in [0.2, 0.25) is 0 Å². The molecule has 0 bridgehead atoms. The molecule has 3 aromatic rings. The van der Waals surface area contributed by atoms with Crippen LogP contribution >= 0.6 is 11.3 Å². The summed E-state index contributed by atoms with van der Waals surface area (Å²) < 4.78 is 44.5. The van der Waals surface area contributed by atoms with Gasteiger partial charge in [-0.15, -0.1) is 0 Å². The zero-order valence-electron chi connectivity index (χ0n) is 13.9. The minimum absolute atomic E-state index is 0.0835. The van der Waals surface area contributed by atoms with E-state index in [2.05, 4.69) is 10.3 Å². The Labute approximate surface area is 165 Å². The maximum absolute atomic E-state index is 13.2. The molecule has 0 saturated heterocycles. The molecule has 0 fully saturated rings. The first-order valence-corrected chi connectivity index (χ1v) is 9.37. The van der Waals surface area contributed by atoms with E-state index in [0.29, 0.717) is 16.3 Å². The number of para-hydroxylation sites is 1. The van der Waals surface area contributed by atoms with Gasteiger partial charge in [0.1, 0.15) is 0 Å². The van der Waals surface area contributed by atoms with Crippen molar-refractivity contribution in [3.05, 3.63) is 59.0 Å². The zero-order chi connectivity index (χ0) is 19.6. The van der Waals surface area contributed by atoms with Gasteiger partial charge in [0.25, 0.3) is 0 Å². The molecule has 0 saturated carbocycles. The molecule has 3 rings (SSSR count). The molecule has 1 aromatic heterocycles. The fraction of sp³-hybridized carbons (Fsp3) is 0.111. The number of aromatic nitrogens is 1. The van der Waals surface area contributed by atoms with Crippen molar-refractivity contribution < 1.29 is 22.7 Å². The first kappa shape index (κ1) is 19.5. The molecule has 2 aromatic carbocycles. The van der Waals surface area contributed by atoms with Gasteiger partial charge in [0.05, 0.1) is 0 Å². The summed E-state index contributed by atoms with van der Waals surface area (Å²) in [5, 5.41) is 3.16. The molecule has 1 N–H and O–H groups in total. The normalized spacial score (nSPS) is 11.3. The van der Waals surface area contributed by atoms with E-state index in [1.54, 1.807) is 24.3 Å². The van der Waals surface area contributed by atoms with Crippen molar-refractivity contribution in [1.29, 1.82) is 0 Å². The van der Waals surface area contributed by atoms with E-state index in [1.807, 2.05) is 16.9 Å². The Morgan fingerprint density at radius 1 is 1.19 bits per heavy atom. The van der Waals surface area contributed by atoms with Gasteiger partial charge in [0.2, 0.25) is 0 Å². The summed E-state index contributed by atoms with van der Waals surface area (Å²) in [5.74, 6) is 0.694. The molecule has 0 aliphatic heterocycles. The Morgan fingerprint density at radius 2 is 1.93 bits per heavy atom. The van der Waals surface area contributed by atoms with Gasteiger partial charge in [-0.1, -0.05) is 0 Å². The summed E-state index contributed by atoms with van der Waals surface area (Å²) in [4.78, 5) is 16.5. The predicted octanol–water partition coefficient (Wildman–Crippen LogP) is 4.89. The van der Waals surface area contributed by atoms with Crippen LogP contribution in [0.15, 0.2) is 48.5 Å². The number of benzene rings is 2. The van der Waals surface area contributed by atoms with Gasteiger partial charge in [0.15, 0.2) is 0 Å². The number of rotatable bonds is 5. The van der Waals surface area contributed by atoms with Crippen molar-refractivity contribution in [2.45, 2.75) is 6.18 Å². The predicted molar refractivity (Wildman–Crippen MR) is 98.9 cm³/mol. The van der Waals surface area contributed by atoms with Crippen LogP contribution in [0.4, 0.5) is 24.7 Å². The summed E-state index contributed by atoms with van der Waals surface area (Å²) in [6, 6.07) is 12.1. The zero-order valence-corrected chi connectivity index (χ0v) is 16.6. The van der Waals surface area contributed by atoms with Crippen LogP contribution in [0.1, 0.15) is 15.2 Å². The van der Waals surface area contributed by atoms with Crippen molar-refractivity contribution >= 4 is 44.3 Å². The van der Waals surface area contributed by atoms with Gasteiger partial charge < -0.3 is 0 Å². The Bertz CT molecular complexity index is 989. The van der Waals surface area contributed by atoms with Crippen molar-refractivity contribution in [3.8, 4) is 16.3 Å². The number of hydrogen-bond donors (Lipinski definition) is 1. The van der Waals surface area contributed by atoms with Crippen LogP contribution in [-0.4, -0.2) is 33.5 Å².